The van der Waals surface area contributed by atoms with Crippen LogP contribution in [0.15, 0.2) is 36.0 Å². The Morgan fingerprint density at radius 2 is 2.05 bits per heavy atom. The zero-order chi connectivity index (χ0) is 14.8. The normalized spacial score (nSPS) is 11.2. The van der Waals surface area contributed by atoms with Crippen LogP contribution in [-0.4, -0.2) is 19.7 Å². The lowest BCUT2D eigenvalue weighted by Gasteiger charge is -2.04. The molecular weight excluding hydrogens is 318 g/mol. The van der Waals surface area contributed by atoms with Gasteiger partial charge in [0, 0.05) is 12.4 Å². The Hall–Kier alpha value is -1.86. The van der Waals surface area contributed by atoms with Crippen LogP contribution in [0.1, 0.15) is 23.6 Å². The van der Waals surface area contributed by atoms with Gasteiger partial charge in [-0.2, -0.15) is 5.10 Å². The van der Waals surface area contributed by atoms with E-state index in [1.165, 1.54) is 34.5 Å². The number of rotatable bonds is 4. The summed E-state index contributed by atoms with van der Waals surface area (Å²) in [6, 6.07) is 5.04. The van der Waals surface area contributed by atoms with Gasteiger partial charge in [-0.25, -0.2) is 23.4 Å². The summed E-state index contributed by atoms with van der Waals surface area (Å²) >= 11 is 7.15. The largest absolute Gasteiger partial charge is 0.282 e. The maximum atomic E-state index is 12.9. The summed E-state index contributed by atoms with van der Waals surface area (Å²) in [6.07, 6.45) is 0.638. The highest BCUT2D eigenvalue weighted by Gasteiger charge is 2.17. The highest BCUT2D eigenvalue weighted by molar-refractivity contribution is 7.12. The molecule has 0 amide bonds. The minimum absolute atomic E-state index is 0.257. The second-order valence-corrected chi connectivity index (χ2v) is 5.58. The van der Waals surface area contributed by atoms with Crippen molar-refractivity contribution in [3.05, 3.63) is 58.2 Å². The van der Waals surface area contributed by atoms with Gasteiger partial charge in [0.05, 0.1) is 17.1 Å². The first-order valence-electron chi connectivity index (χ1n) is 6.01. The summed E-state index contributed by atoms with van der Waals surface area (Å²) in [5.41, 5.74) is 0.349. The molecule has 3 rings (SSSR count). The van der Waals surface area contributed by atoms with Gasteiger partial charge in [-0.3, -0.25) is 0 Å². The van der Waals surface area contributed by atoms with Crippen LogP contribution in [0.3, 0.4) is 0 Å². The Morgan fingerprint density at radius 3 is 2.67 bits per heavy atom. The Kier molecular flexibility index (Phi) is 3.94. The van der Waals surface area contributed by atoms with Crippen molar-refractivity contribution >= 4 is 22.9 Å². The van der Waals surface area contributed by atoms with Gasteiger partial charge in [0.1, 0.15) is 16.5 Å². The minimum Gasteiger partial charge on any atom is -0.239 e. The first kappa shape index (κ1) is 14.1. The van der Waals surface area contributed by atoms with Crippen molar-refractivity contribution in [1.82, 2.24) is 19.7 Å². The van der Waals surface area contributed by atoms with Gasteiger partial charge in [-0.1, -0.05) is 11.6 Å². The number of nitrogens with zero attached hydrogens (tertiary/aromatic N) is 4. The monoisotopic (exact) mass is 326 g/mol. The van der Waals surface area contributed by atoms with Crippen molar-refractivity contribution in [2.24, 2.45) is 0 Å². The number of hydrogen-bond acceptors (Lipinski definition) is 4. The number of hydrogen-bond donors (Lipinski definition) is 0. The number of alkyl halides is 2. The van der Waals surface area contributed by atoms with Gasteiger partial charge in [0.2, 0.25) is 0 Å². The number of thiophene rings is 1. The molecular formula is C13H9ClF2N4S. The summed E-state index contributed by atoms with van der Waals surface area (Å²) in [4.78, 5) is 8.16. The molecule has 0 radical (unpaired) electrons. The maximum absolute atomic E-state index is 12.9. The molecule has 0 aliphatic carbocycles. The standard InChI is InChI=1S/C13H9ClF2N4S/c14-8-6-17-11(18-7-8)5-9-4-10(13(15)16)19-20(9)12-2-1-3-21-12/h1-4,6-7,13H,5H2. The molecule has 108 valence electrons. The maximum Gasteiger partial charge on any atom is 0.282 e. The van der Waals surface area contributed by atoms with Gasteiger partial charge in [0.15, 0.2) is 0 Å². The summed E-state index contributed by atoms with van der Waals surface area (Å²) in [5.74, 6) is 0.498. The summed E-state index contributed by atoms with van der Waals surface area (Å²) in [5, 5.41) is 7.02. The lowest BCUT2D eigenvalue weighted by Crippen LogP contribution is -2.03. The zero-order valence-corrected chi connectivity index (χ0v) is 12.2. The second-order valence-electron chi connectivity index (χ2n) is 4.22. The lowest BCUT2D eigenvalue weighted by atomic mass is 10.2. The average molecular weight is 327 g/mol. The van der Waals surface area contributed by atoms with E-state index >= 15 is 0 Å². The summed E-state index contributed by atoms with van der Waals surface area (Å²) in [6.45, 7) is 0. The van der Waals surface area contributed by atoms with E-state index in [4.69, 9.17) is 11.6 Å². The fourth-order valence-electron chi connectivity index (χ4n) is 1.85. The summed E-state index contributed by atoms with van der Waals surface area (Å²) in [7, 11) is 0. The SMILES string of the molecule is FC(F)c1cc(Cc2ncc(Cl)cn2)n(-c2cccs2)n1. The molecule has 0 saturated carbocycles. The van der Waals surface area contributed by atoms with Crippen LogP contribution in [0.25, 0.3) is 5.00 Å². The van der Waals surface area contributed by atoms with Crippen LogP contribution in [0.2, 0.25) is 5.02 Å². The molecule has 3 heterocycles. The number of halogens is 3. The molecule has 0 spiro atoms. The van der Waals surface area contributed by atoms with Crippen LogP contribution in [0, 0.1) is 0 Å². The molecule has 0 atom stereocenters. The van der Waals surface area contributed by atoms with Gasteiger partial charge < -0.3 is 0 Å². The van der Waals surface area contributed by atoms with E-state index in [1.807, 2.05) is 17.5 Å². The molecule has 0 fully saturated rings. The molecule has 4 nitrogen and oxygen atoms in total. The molecule has 0 aliphatic rings. The van der Waals surface area contributed by atoms with Crippen LogP contribution in [-0.2, 0) is 6.42 Å². The highest BCUT2D eigenvalue weighted by atomic mass is 35.5. The molecule has 0 bridgehead atoms. The molecule has 21 heavy (non-hydrogen) atoms. The second kappa shape index (κ2) is 5.87. The van der Waals surface area contributed by atoms with Gasteiger partial charge in [-0.15, -0.1) is 11.3 Å². The van der Waals surface area contributed by atoms with E-state index in [2.05, 4.69) is 15.1 Å². The topological polar surface area (TPSA) is 43.6 Å². The minimum atomic E-state index is -2.61. The quantitative estimate of drug-likeness (QED) is 0.730. The molecule has 0 aliphatic heterocycles. The van der Waals surface area contributed by atoms with Crippen molar-refractivity contribution < 1.29 is 8.78 Å². The molecule has 0 N–H and O–H groups in total. The smallest absolute Gasteiger partial charge is 0.239 e. The Labute approximate surface area is 128 Å². The predicted molar refractivity (Wildman–Crippen MR) is 76.2 cm³/mol. The summed E-state index contributed by atoms with van der Waals surface area (Å²) < 4.78 is 27.2. The molecule has 8 heteroatoms. The van der Waals surface area contributed by atoms with Crippen LogP contribution < -0.4 is 0 Å². The van der Waals surface area contributed by atoms with E-state index < -0.39 is 6.43 Å². The Bertz CT molecular complexity index is 725. The third-order valence-corrected chi connectivity index (χ3v) is 3.79. The number of aromatic nitrogens is 4. The van der Waals surface area contributed by atoms with Crippen molar-refractivity contribution in [3.63, 3.8) is 0 Å². The first-order valence-corrected chi connectivity index (χ1v) is 7.26. The molecule has 0 saturated heterocycles. The van der Waals surface area contributed by atoms with Gasteiger partial charge in [-0.05, 0) is 23.6 Å². The van der Waals surface area contributed by atoms with E-state index in [-0.39, 0.29) is 5.69 Å². The van der Waals surface area contributed by atoms with Crippen molar-refractivity contribution in [2.45, 2.75) is 12.8 Å². The third kappa shape index (κ3) is 3.08. The molecule has 3 aromatic rings. The van der Waals surface area contributed by atoms with Crippen molar-refractivity contribution in [3.8, 4) is 5.00 Å². The Balaban J connectivity index is 1.98. The molecule has 0 aromatic carbocycles. The fraction of sp³-hybridized carbons (Fsp3) is 0.154. The Morgan fingerprint density at radius 1 is 1.29 bits per heavy atom. The average Bonchev–Trinajstić information content (AvgIpc) is 3.10. The molecule has 3 aromatic heterocycles. The van der Waals surface area contributed by atoms with Crippen molar-refractivity contribution in [1.29, 1.82) is 0 Å². The van der Waals surface area contributed by atoms with Crippen LogP contribution in [0.4, 0.5) is 8.78 Å². The van der Waals surface area contributed by atoms with Crippen LogP contribution >= 0.6 is 22.9 Å². The van der Waals surface area contributed by atoms with E-state index in [0.29, 0.717) is 23.0 Å². The zero-order valence-electron chi connectivity index (χ0n) is 10.6. The van der Waals surface area contributed by atoms with Crippen molar-refractivity contribution in [2.75, 3.05) is 0 Å². The molecule has 0 unspecified atom stereocenters. The lowest BCUT2D eigenvalue weighted by molar-refractivity contribution is 0.145. The van der Waals surface area contributed by atoms with Gasteiger partial charge >= 0.3 is 0 Å². The van der Waals surface area contributed by atoms with Crippen LogP contribution in [0.5, 0.6) is 0 Å². The first-order chi connectivity index (χ1) is 10.1. The van der Waals surface area contributed by atoms with E-state index in [9.17, 15) is 8.78 Å². The van der Waals surface area contributed by atoms with E-state index in [0.717, 1.165) is 5.00 Å². The van der Waals surface area contributed by atoms with Gasteiger partial charge in [0.25, 0.3) is 6.43 Å². The van der Waals surface area contributed by atoms with E-state index in [1.54, 1.807) is 0 Å². The predicted octanol–water partition coefficient (Wildman–Crippen LogP) is 3.91. The fourth-order valence-corrected chi connectivity index (χ4v) is 2.66. The highest BCUT2D eigenvalue weighted by Crippen LogP contribution is 2.24. The third-order valence-electron chi connectivity index (χ3n) is 2.75.